The van der Waals surface area contributed by atoms with Crippen LogP contribution in [0.2, 0.25) is 0 Å². The molecule has 2 nitrogen and oxygen atoms in total. The predicted molar refractivity (Wildman–Crippen MR) is 50.2 cm³/mol. The fraction of sp³-hybridized carbons (Fsp3) is 0.400. The van der Waals surface area contributed by atoms with Crippen molar-refractivity contribution in [3.8, 4) is 0 Å². The Kier molecular flexibility index (Phi) is 6.34. The van der Waals surface area contributed by atoms with Crippen LogP contribution in [-0.4, -0.2) is 12.4 Å². The Bertz CT molecular complexity index is 182. The second kappa shape index (κ2) is 6.83. The summed E-state index contributed by atoms with van der Waals surface area (Å²) in [6.45, 7) is 4.41. The molecule has 0 fully saturated rings. The molecule has 12 heavy (non-hydrogen) atoms. The van der Waals surface area contributed by atoms with Gasteiger partial charge in [0.1, 0.15) is 0 Å². The first-order valence-electron chi connectivity index (χ1n) is 3.94. The van der Waals surface area contributed by atoms with E-state index in [0.29, 0.717) is 5.92 Å². The topological polar surface area (TPSA) is 29.5 Å². The van der Waals surface area contributed by atoms with E-state index < -0.39 is 0 Å². The first kappa shape index (κ1) is 11.1. The van der Waals surface area contributed by atoms with Crippen LogP contribution in [0.5, 0.6) is 0 Å². The van der Waals surface area contributed by atoms with Crippen molar-refractivity contribution in [1.82, 2.24) is 0 Å². The molecule has 1 aromatic carbocycles. The summed E-state index contributed by atoms with van der Waals surface area (Å²) in [7, 11) is 1.18. The molecule has 1 aromatic rings. The van der Waals surface area contributed by atoms with Crippen LogP contribution in [0.3, 0.4) is 0 Å². The maximum Gasteiger partial charge on any atom is 0.0710 e. The zero-order valence-electron chi connectivity index (χ0n) is 7.82. The lowest BCUT2D eigenvalue weighted by molar-refractivity contribution is -0.214. The lowest BCUT2D eigenvalue weighted by Gasteiger charge is -2.01. The Morgan fingerprint density at radius 3 is 1.83 bits per heavy atom. The molecular weight excluding hydrogens is 152 g/mol. The molecule has 0 radical (unpaired) electrons. The quantitative estimate of drug-likeness (QED) is 0.516. The van der Waals surface area contributed by atoms with Crippen LogP contribution in [0.25, 0.3) is 0 Å². The highest BCUT2D eigenvalue weighted by Crippen LogP contribution is 2.11. The van der Waals surface area contributed by atoms with Gasteiger partial charge in [-0.2, -0.15) is 0 Å². The van der Waals surface area contributed by atoms with Gasteiger partial charge in [-0.05, 0) is 11.5 Å². The molecule has 0 aromatic heterocycles. The minimum Gasteiger partial charge on any atom is -0.252 e. The summed E-state index contributed by atoms with van der Waals surface area (Å²) < 4.78 is 0. The molecule has 0 saturated carbocycles. The summed E-state index contributed by atoms with van der Waals surface area (Å²) in [5.41, 5.74) is 1.41. The van der Waals surface area contributed by atoms with Gasteiger partial charge in [0.25, 0.3) is 0 Å². The molecule has 0 aliphatic heterocycles. The van der Waals surface area contributed by atoms with Crippen LogP contribution >= 0.6 is 0 Å². The van der Waals surface area contributed by atoms with Crippen molar-refractivity contribution < 1.29 is 10.1 Å². The van der Waals surface area contributed by atoms with Gasteiger partial charge in [0, 0.05) is 0 Å². The molecule has 1 rings (SSSR count). The van der Waals surface area contributed by atoms with Crippen molar-refractivity contribution in [3.05, 3.63) is 35.9 Å². The van der Waals surface area contributed by atoms with Crippen LogP contribution in [0, 0.1) is 0 Å². The molecule has 0 heterocycles. The van der Waals surface area contributed by atoms with E-state index in [4.69, 9.17) is 5.26 Å². The molecule has 1 N–H and O–H groups in total. The Morgan fingerprint density at radius 1 is 1.17 bits per heavy atom. The summed E-state index contributed by atoms with van der Waals surface area (Å²) in [6, 6.07) is 10.5. The molecule has 0 atom stereocenters. The summed E-state index contributed by atoms with van der Waals surface area (Å²) in [5, 5.41) is 7.07. The van der Waals surface area contributed by atoms with Gasteiger partial charge in [0.15, 0.2) is 0 Å². The van der Waals surface area contributed by atoms with Gasteiger partial charge in [0.2, 0.25) is 0 Å². The van der Waals surface area contributed by atoms with Crippen LogP contribution in [0.15, 0.2) is 30.3 Å². The predicted octanol–water partition coefficient (Wildman–Crippen LogP) is 2.92. The van der Waals surface area contributed by atoms with E-state index in [9.17, 15) is 0 Å². The molecule has 0 unspecified atom stereocenters. The van der Waals surface area contributed by atoms with E-state index in [-0.39, 0.29) is 0 Å². The fourth-order valence-electron chi connectivity index (χ4n) is 0.838. The number of hydrogen-bond donors (Lipinski definition) is 1. The minimum atomic E-state index is 0.659. The fourth-order valence-corrected chi connectivity index (χ4v) is 0.838. The van der Waals surface area contributed by atoms with Crippen molar-refractivity contribution in [3.63, 3.8) is 0 Å². The average Bonchev–Trinajstić information content (AvgIpc) is 2.07. The Labute approximate surface area is 73.7 Å². The SMILES string of the molecule is CC(C)c1ccccc1.COO. The van der Waals surface area contributed by atoms with Gasteiger partial charge >= 0.3 is 0 Å². The smallest absolute Gasteiger partial charge is 0.0710 e. The lowest BCUT2D eigenvalue weighted by atomic mass is 10.0. The van der Waals surface area contributed by atoms with Crippen LogP contribution in [0.1, 0.15) is 25.3 Å². The molecular formula is C10H16O2. The van der Waals surface area contributed by atoms with Crippen molar-refractivity contribution >= 4 is 0 Å². The van der Waals surface area contributed by atoms with E-state index in [1.807, 2.05) is 6.07 Å². The van der Waals surface area contributed by atoms with E-state index in [0.717, 1.165) is 0 Å². The molecule has 0 saturated heterocycles. The molecule has 0 aliphatic rings. The third-order valence-electron chi connectivity index (χ3n) is 1.47. The third-order valence-corrected chi connectivity index (χ3v) is 1.47. The second-order valence-corrected chi connectivity index (χ2v) is 2.75. The van der Waals surface area contributed by atoms with Crippen molar-refractivity contribution in [2.24, 2.45) is 0 Å². The summed E-state index contributed by atoms with van der Waals surface area (Å²) in [4.78, 5) is 3.25. The summed E-state index contributed by atoms with van der Waals surface area (Å²) in [6.07, 6.45) is 0. The molecule has 2 heteroatoms. The second-order valence-electron chi connectivity index (χ2n) is 2.75. The largest absolute Gasteiger partial charge is 0.252 e. The van der Waals surface area contributed by atoms with Gasteiger partial charge in [-0.25, -0.2) is 4.89 Å². The van der Waals surface area contributed by atoms with E-state index in [1.54, 1.807) is 0 Å². The lowest BCUT2D eigenvalue weighted by Crippen LogP contribution is -1.83. The first-order chi connectivity index (χ1) is 5.72. The number of rotatable bonds is 1. The Hall–Kier alpha value is -0.860. The zero-order chi connectivity index (χ0) is 9.40. The maximum atomic E-state index is 7.07. The highest BCUT2D eigenvalue weighted by Gasteiger charge is 1.93. The maximum absolute atomic E-state index is 7.07. The van der Waals surface area contributed by atoms with Gasteiger partial charge in [-0.15, -0.1) is 0 Å². The zero-order valence-corrected chi connectivity index (χ0v) is 7.82. The first-order valence-corrected chi connectivity index (χ1v) is 3.94. The van der Waals surface area contributed by atoms with E-state index >= 15 is 0 Å². The Balaban J connectivity index is 0.000000354. The molecule has 0 aliphatic carbocycles. The summed E-state index contributed by atoms with van der Waals surface area (Å²) >= 11 is 0. The van der Waals surface area contributed by atoms with Gasteiger partial charge in [0.05, 0.1) is 7.11 Å². The standard InChI is InChI=1S/C9H12.CH4O2/c1-8(2)9-6-4-3-5-7-9;1-3-2/h3-8H,1-2H3;2H,1H3. The van der Waals surface area contributed by atoms with Gasteiger partial charge in [-0.1, -0.05) is 44.2 Å². The van der Waals surface area contributed by atoms with E-state index in [1.165, 1.54) is 12.7 Å². The average molecular weight is 168 g/mol. The van der Waals surface area contributed by atoms with Crippen molar-refractivity contribution in [1.29, 1.82) is 0 Å². The van der Waals surface area contributed by atoms with Crippen molar-refractivity contribution in [2.75, 3.05) is 7.11 Å². The van der Waals surface area contributed by atoms with Crippen LogP contribution in [0.4, 0.5) is 0 Å². The monoisotopic (exact) mass is 168 g/mol. The molecule has 0 spiro atoms. The van der Waals surface area contributed by atoms with Crippen LogP contribution in [-0.2, 0) is 4.89 Å². The van der Waals surface area contributed by atoms with Gasteiger partial charge < -0.3 is 0 Å². The molecule has 0 bridgehead atoms. The van der Waals surface area contributed by atoms with Gasteiger partial charge in [-0.3, -0.25) is 5.26 Å². The number of hydrogen-bond acceptors (Lipinski definition) is 2. The summed E-state index contributed by atoms with van der Waals surface area (Å²) in [5.74, 6) is 0.659. The Morgan fingerprint density at radius 2 is 1.58 bits per heavy atom. The minimum absolute atomic E-state index is 0.659. The van der Waals surface area contributed by atoms with E-state index in [2.05, 4.69) is 43.0 Å². The normalized spacial score (nSPS) is 9.08. The van der Waals surface area contributed by atoms with Crippen molar-refractivity contribution in [2.45, 2.75) is 19.8 Å². The molecule has 68 valence electrons. The van der Waals surface area contributed by atoms with Crippen LogP contribution < -0.4 is 0 Å². The highest BCUT2D eigenvalue weighted by atomic mass is 17.1. The highest BCUT2D eigenvalue weighted by molar-refractivity contribution is 5.17. The number of benzene rings is 1. The molecule has 0 amide bonds. The third kappa shape index (κ3) is 4.88.